The minimum absolute atomic E-state index is 0. The largest absolute Gasteiger partial charge is 1.00 e. The Morgan fingerprint density at radius 1 is 1.50 bits per heavy atom. The van der Waals surface area contributed by atoms with Crippen LogP contribution in [0.4, 0.5) is 0 Å². The average Bonchev–Trinajstić information content (AvgIpc) is 1.81. The minimum atomic E-state index is -0.593. The number of hydrogen-bond donors (Lipinski definition) is 0. The van der Waals surface area contributed by atoms with E-state index in [2.05, 4.69) is 6.58 Å². The predicted molar refractivity (Wildman–Crippen MR) is 53.4 cm³/mol. The Balaban J connectivity index is 0. The lowest BCUT2D eigenvalue weighted by molar-refractivity contribution is -0.871. The number of hydrogen-bond acceptors (Lipinski definition) is 2. The van der Waals surface area contributed by atoms with Gasteiger partial charge in [0.15, 0.2) is 0 Å². The van der Waals surface area contributed by atoms with Gasteiger partial charge in [-0.25, -0.2) is 4.79 Å². The second-order valence-electron chi connectivity index (χ2n) is 4.07. The summed E-state index contributed by atoms with van der Waals surface area (Å²) in [6, 6.07) is 0. The van der Waals surface area contributed by atoms with Gasteiger partial charge in [-0.2, -0.15) is 0 Å². The van der Waals surface area contributed by atoms with E-state index in [0.717, 1.165) is 0 Å². The van der Waals surface area contributed by atoms with Gasteiger partial charge < -0.3 is 21.6 Å². The zero-order chi connectivity index (χ0) is 10.6. The first-order valence-corrected chi connectivity index (χ1v) is 4.47. The third kappa shape index (κ3) is 8.35. The molecule has 0 radical (unpaired) electrons. The topological polar surface area (TPSA) is 26.3 Å². The van der Waals surface area contributed by atoms with E-state index in [1.54, 1.807) is 6.92 Å². The molecule has 0 spiro atoms. The number of esters is 1. The summed E-state index contributed by atoms with van der Waals surface area (Å²) in [5, 5.41) is 0. The predicted octanol–water partition coefficient (Wildman–Crippen LogP) is -1.62. The van der Waals surface area contributed by atoms with E-state index in [1.165, 1.54) is 0 Å². The molecule has 0 N–H and O–H groups in total. The zero-order valence-electron chi connectivity index (χ0n) is 9.01. The summed E-state index contributed by atoms with van der Waals surface area (Å²) < 4.78 is 5.55. The normalized spacial score (nSPS) is 12.6. The molecule has 0 saturated heterocycles. The van der Waals surface area contributed by atoms with Crippen molar-refractivity contribution in [1.82, 2.24) is 0 Å². The SMILES string of the molecule is C=C(C)C(=O)OC(Cl)C[N+](C)(C)C.[Cl-]. The van der Waals surface area contributed by atoms with E-state index in [0.29, 0.717) is 16.6 Å². The van der Waals surface area contributed by atoms with Crippen LogP contribution in [-0.2, 0) is 9.53 Å². The van der Waals surface area contributed by atoms with Crippen molar-refractivity contribution in [3.63, 3.8) is 0 Å². The molecule has 0 rings (SSSR count). The van der Waals surface area contributed by atoms with E-state index in [4.69, 9.17) is 16.3 Å². The van der Waals surface area contributed by atoms with Crippen molar-refractivity contribution in [1.29, 1.82) is 0 Å². The van der Waals surface area contributed by atoms with Crippen molar-refractivity contribution < 1.29 is 26.4 Å². The molecule has 14 heavy (non-hydrogen) atoms. The van der Waals surface area contributed by atoms with Gasteiger partial charge in [-0.15, -0.1) is 0 Å². The first-order chi connectivity index (χ1) is 5.72. The summed E-state index contributed by atoms with van der Waals surface area (Å²) in [5.41, 5.74) is -0.226. The Morgan fingerprint density at radius 3 is 2.21 bits per heavy atom. The smallest absolute Gasteiger partial charge is 0.334 e. The van der Waals surface area contributed by atoms with Crippen LogP contribution in [-0.4, -0.2) is 43.7 Å². The van der Waals surface area contributed by atoms with Gasteiger partial charge in [-0.1, -0.05) is 18.2 Å². The first-order valence-electron chi connectivity index (χ1n) is 4.03. The summed E-state index contributed by atoms with van der Waals surface area (Å²) >= 11 is 5.80. The van der Waals surface area contributed by atoms with Gasteiger partial charge in [0.05, 0.1) is 21.1 Å². The van der Waals surface area contributed by atoms with Crippen LogP contribution in [0.25, 0.3) is 0 Å². The third-order valence-electron chi connectivity index (χ3n) is 1.27. The molecule has 0 heterocycles. The van der Waals surface area contributed by atoms with Crippen LogP contribution < -0.4 is 12.4 Å². The van der Waals surface area contributed by atoms with Crippen LogP contribution in [0, 0.1) is 0 Å². The number of halogens is 2. The zero-order valence-corrected chi connectivity index (χ0v) is 10.5. The molecule has 0 aromatic carbocycles. The molecule has 0 amide bonds. The van der Waals surface area contributed by atoms with Crippen LogP contribution in [0.2, 0.25) is 0 Å². The summed E-state index contributed by atoms with van der Waals surface area (Å²) in [7, 11) is 5.93. The highest BCUT2D eigenvalue weighted by Crippen LogP contribution is 2.06. The van der Waals surface area contributed by atoms with E-state index >= 15 is 0 Å². The molecule has 0 aliphatic carbocycles. The molecule has 0 fully saturated rings. The number of nitrogens with zero attached hydrogens (tertiary/aromatic N) is 1. The Bertz CT molecular complexity index is 211. The van der Waals surface area contributed by atoms with E-state index in [9.17, 15) is 4.79 Å². The summed E-state index contributed by atoms with van der Waals surface area (Å²) in [4.78, 5) is 11.0. The number of ether oxygens (including phenoxy) is 1. The van der Waals surface area contributed by atoms with Crippen molar-refractivity contribution in [2.45, 2.75) is 12.5 Å². The second kappa shape index (κ2) is 6.27. The standard InChI is InChI=1S/C9H17ClNO2.ClH/c1-7(2)9(12)13-8(10)6-11(3,4)5;/h8H,1,6H2,2-5H3;1H/q+1;/p-1. The first kappa shape index (κ1) is 16.2. The van der Waals surface area contributed by atoms with Crippen molar-refractivity contribution in [3.05, 3.63) is 12.2 Å². The molecule has 5 heteroatoms. The molecule has 0 bridgehead atoms. The number of carbonyl (C=O) groups excluding carboxylic acids is 1. The summed E-state index contributed by atoms with van der Waals surface area (Å²) in [6.07, 6.45) is 0. The molecule has 0 aliphatic heterocycles. The summed E-state index contributed by atoms with van der Waals surface area (Å²) in [6.45, 7) is 5.63. The van der Waals surface area contributed by atoms with E-state index in [1.807, 2.05) is 21.1 Å². The molecule has 0 aromatic rings. The fourth-order valence-corrected chi connectivity index (χ4v) is 1.18. The lowest BCUT2D eigenvalue weighted by Gasteiger charge is -2.26. The van der Waals surface area contributed by atoms with Crippen LogP contribution in [0.3, 0.4) is 0 Å². The Morgan fingerprint density at radius 2 is 1.93 bits per heavy atom. The Kier molecular flexibility index (Phi) is 7.26. The number of carbonyl (C=O) groups is 1. The van der Waals surface area contributed by atoms with Gasteiger partial charge in [0.25, 0.3) is 0 Å². The maximum Gasteiger partial charge on any atom is 0.334 e. The van der Waals surface area contributed by atoms with Crippen LogP contribution in [0.5, 0.6) is 0 Å². The number of quaternary nitrogens is 1. The van der Waals surface area contributed by atoms with Crippen molar-refractivity contribution in [2.75, 3.05) is 27.7 Å². The van der Waals surface area contributed by atoms with Crippen LogP contribution in [0.15, 0.2) is 12.2 Å². The molecule has 0 aromatic heterocycles. The number of likely N-dealkylation sites (N-methyl/N-ethyl adjacent to an activating group) is 1. The number of alkyl halides is 1. The second-order valence-corrected chi connectivity index (χ2v) is 4.56. The maximum atomic E-state index is 11.0. The van der Waals surface area contributed by atoms with Gasteiger partial charge in [-0.3, -0.25) is 0 Å². The quantitative estimate of drug-likeness (QED) is 0.256. The van der Waals surface area contributed by atoms with Gasteiger partial charge in [0.1, 0.15) is 6.54 Å². The monoisotopic (exact) mass is 241 g/mol. The van der Waals surface area contributed by atoms with E-state index < -0.39 is 11.5 Å². The fourth-order valence-electron chi connectivity index (χ4n) is 0.685. The molecule has 1 unspecified atom stereocenters. The lowest BCUT2D eigenvalue weighted by atomic mass is 10.4. The van der Waals surface area contributed by atoms with Crippen molar-refractivity contribution in [2.24, 2.45) is 0 Å². The van der Waals surface area contributed by atoms with Gasteiger partial charge in [0.2, 0.25) is 5.56 Å². The van der Waals surface area contributed by atoms with Crippen LogP contribution in [0.1, 0.15) is 6.92 Å². The Hall–Kier alpha value is -0.250. The van der Waals surface area contributed by atoms with Gasteiger partial charge >= 0.3 is 5.97 Å². The van der Waals surface area contributed by atoms with Gasteiger partial charge in [-0.05, 0) is 6.92 Å². The highest BCUT2D eigenvalue weighted by molar-refractivity contribution is 6.20. The van der Waals surface area contributed by atoms with E-state index in [-0.39, 0.29) is 12.4 Å². The van der Waals surface area contributed by atoms with Gasteiger partial charge in [0, 0.05) is 5.57 Å². The summed E-state index contributed by atoms with van der Waals surface area (Å²) in [5.74, 6) is -0.437. The molecule has 1 atom stereocenters. The molecular formula is C9H17Cl2NO2. The van der Waals surface area contributed by atoms with Crippen molar-refractivity contribution >= 4 is 17.6 Å². The molecule has 0 aliphatic rings. The van der Waals surface area contributed by atoms with Crippen LogP contribution >= 0.6 is 11.6 Å². The minimum Gasteiger partial charge on any atom is -1.00 e. The molecule has 84 valence electrons. The lowest BCUT2D eigenvalue weighted by Crippen LogP contribution is -3.00. The molecular weight excluding hydrogens is 225 g/mol. The number of rotatable bonds is 4. The van der Waals surface area contributed by atoms with Crippen molar-refractivity contribution in [3.8, 4) is 0 Å². The molecule has 0 saturated carbocycles. The highest BCUT2D eigenvalue weighted by atomic mass is 35.5. The fraction of sp³-hybridized carbons (Fsp3) is 0.667. The molecule has 3 nitrogen and oxygen atoms in total. The average molecular weight is 242 g/mol. The maximum absolute atomic E-state index is 11.0. The third-order valence-corrected chi connectivity index (χ3v) is 1.50. The Labute approximate surface area is 96.7 Å². The highest BCUT2D eigenvalue weighted by Gasteiger charge is 2.19.